The number of benzene rings is 3. The predicted octanol–water partition coefficient (Wildman–Crippen LogP) is 6.86. The third kappa shape index (κ3) is 5.30. The number of carboxylic acid groups (broad SMARTS) is 1. The highest BCUT2D eigenvalue weighted by Gasteiger charge is 2.37. The molecule has 0 saturated heterocycles. The summed E-state index contributed by atoms with van der Waals surface area (Å²) in [7, 11) is 0. The highest BCUT2D eigenvalue weighted by Crippen LogP contribution is 2.47. The molecule has 1 N–H and O–H groups in total. The number of ether oxygens (including phenoxy) is 2. The summed E-state index contributed by atoms with van der Waals surface area (Å²) in [5.74, 6) is -3.88. The number of hydrogen-bond acceptors (Lipinski definition) is 4. The lowest BCUT2D eigenvalue weighted by Gasteiger charge is -2.30. The second-order valence-corrected chi connectivity index (χ2v) is 11.6. The number of nitrogens with zero attached hydrogens (tertiary/aromatic N) is 1. The van der Waals surface area contributed by atoms with Gasteiger partial charge in [-0.1, -0.05) is 0 Å². The van der Waals surface area contributed by atoms with E-state index in [2.05, 4.69) is 0 Å². The fourth-order valence-corrected chi connectivity index (χ4v) is 5.89. The SMILES string of the molecule is Cc1cc2c(c(-c3cc(F)c4c(c3C)CCCO4)c1C(OC(C)(C)C)C(=O)O)CCN2C(=O)c1cc(F)cc(F)c1. The first-order valence-electron chi connectivity index (χ1n) is 13.6. The maximum Gasteiger partial charge on any atom is 0.337 e. The van der Waals surface area contributed by atoms with Crippen molar-refractivity contribution in [2.75, 3.05) is 18.1 Å². The van der Waals surface area contributed by atoms with Crippen molar-refractivity contribution in [2.24, 2.45) is 0 Å². The number of anilines is 1. The molecule has 216 valence electrons. The summed E-state index contributed by atoms with van der Waals surface area (Å²) < 4.78 is 55.1. The van der Waals surface area contributed by atoms with Crippen molar-refractivity contribution in [3.63, 3.8) is 0 Å². The average molecular weight is 568 g/mol. The Balaban J connectivity index is 1.78. The van der Waals surface area contributed by atoms with Crippen LogP contribution in [0.4, 0.5) is 18.9 Å². The standard InChI is InChI=1S/C32H32F3NO5/c1-16-11-25-22(8-9-36(25)30(37)18-12-19(33)14-20(34)13-18)27(26(16)29(31(38)39)41-32(3,4)5)23-15-24(35)28-21(17(23)2)7-6-10-40-28/h11-15,29H,6-10H2,1-5H3,(H,38,39). The van der Waals surface area contributed by atoms with Crippen molar-refractivity contribution in [3.05, 3.63) is 81.2 Å². The summed E-state index contributed by atoms with van der Waals surface area (Å²) in [4.78, 5) is 27.6. The van der Waals surface area contributed by atoms with Gasteiger partial charge in [0.15, 0.2) is 17.7 Å². The zero-order chi connectivity index (χ0) is 29.8. The summed E-state index contributed by atoms with van der Waals surface area (Å²) in [6.07, 6.45) is 0.253. The van der Waals surface area contributed by atoms with E-state index in [0.29, 0.717) is 65.4 Å². The number of amides is 1. The van der Waals surface area contributed by atoms with E-state index in [0.717, 1.165) is 23.3 Å². The Hall–Kier alpha value is -3.85. The Morgan fingerprint density at radius 3 is 2.32 bits per heavy atom. The molecule has 0 radical (unpaired) electrons. The summed E-state index contributed by atoms with van der Waals surface area (Å²) in [6.45, 7) is 9.44. The molecule has 2 aliphatic heterocycles. The molecule has 2 aliphatic rings. The zero-order valence-electron chi connectivity index (χ0n) is 23.7. The predicted molar refractivity (Wildman–Crippen MR) is 148 cm³/mol. The zero-order valence-corrected chi connectivity index (χ0v) is 23.7. The van der Waals surface area contributed by atoms with E-state index >= 15 is 4.39 Å². The first kappa shape index (κ1) is 28.7. The summed E-state index contributed by atoms with van der Waals surface area (Å²) in [6, 6.07) is 5.71. The van der Waals surface area contributed by atoms with Crippen molar-refractivity contribution < 1.29 is 37.3 Å². The monoisotopic (exact) mass is 567 g/mol. The van der Waals surface area contributed by atoms with Gasteiger partial charge in [0.05, 0.1) is 12.2 Å². The van der Waals surface area contributed by atoms with Gasteiger partial charge in [-0.15, -0.1) is 0 Å². The molecule has 0 aliphatic carbocycles. The molecule has 0 aromatic heterocycles. The third-order valence-corrected chi connectivity index (χ3v) is 7.55. The highest BCUT2D eigenvalue weighted by atomic mass is 19.1. The van der Waals surface area contributed by atoms with Crippen LogP contribution in [0.25, 0.3) is 11.1 Å². The van der Waals surface area contributed by atoms with E-state index in [-0.39, 0.29) is 17.9 Å². The van der Waals surface area contributed by atoms with Crippen LogP contribution in [-0.4, -0.2) is 35.7 Å². The second-order valence-electron chi connectivity index (χ2n) is 11.6. The van der Waals surface area contributed by atoms with E-state index in [9.17, 15) is 23.5 Å². The molecule has 0 spiro atoms. The topological polar surface area (TPSA) is 76.1 Å². The van der Waals surface area contributed by atoms with E-state index in [1.807, 2.05) is 6.92 Å². The molecule has 5 rings (SSSR count). The largest absolute Gasteiger partial charge is 0.490 e. The number of carbonyl (C=O) groups excluding carboxylic acids is 1. The molecule has 0 fully saturated rings. The smallest absolute Gasteiger partial charge is 0.337 e. The number of hydrogen-bond donors (Lipinski definition) is 1. The maximum absolute atomic E-state index is 15.5. The number of fused-ring (bicyclic) bond motifs is 2. The summed E-state index contributed by atoms with van der Waals surface area (Å²) in [5.41, 5.74) is 3.50. The molecule has 1 atom stereocenters. The van der Waals surface area contributed by atoms with Crippen LogP contribution in [0.15, 0.2) is 30.3 Å². The van der Waals surface area contributed by atoms with Gasteiger partial charge in [0.25, 0.3) is 5.91 Å². The fourth-order valence-electron chi connectivity index (χ4n) is 5.89. The van der Waals surface area contributed by atoms with Gasteiger partial charge in [0.2, 0.25) is 0 Å². The second kappa shape index (κ2) is 10.5. The lowest BCUT2D eigenvalue weighted by atomic mass is 9.83. The van der Waals surface area contributed by atoms with E-state index in [4.69, 9.17) is 9.47 Å². The van der Waals surface area contributed by atoms with Gasteiger partial charge in [-0.05, 0) is 106 Å². The quantitative estimate of drug-likeness (QED) is 0.365. The average Bonchev–Trinajstić information content (AvgIpc) is 3.30. The van der Waals surface area contributed by atoms with Gasteiger partial charge in [-0.2, -0.15) is 0 Å². The van der Waals surface area contributed by atoms with Crippen LogP contribution in [0.1, 0.15) is 71.5 Å². The van der Waals surface area contributed by atoms with Crippen LogP contribution in [0, 0.1) is 31.3 Å². The molecule has 1 unspecified atom stereocenters. The molecular weight excluding hydrogens is 535 g/mol. The van der Waals surface area contributed by atoms with E-state index in [1.54, 1.807) is 33.8 Å². The Labute approximate surface area is 236 Å². The minimum atomic E-state index is -1.38. The molecule has 0 saturated carbocycles. The molecule has 9 heteroatoms. The van der Waals surface area contributed by atoms with Crippen LogP contribution >= 0.6 is 0 Å². The van der Waals surface area contributed by atoms with Crippen molar-refractivity contribution in [1.29, 1.82) is 0 Å². The number of aryl methyl sites for hydroxylation is 1. The minimum absolute atomic E-state index is 0.147. The van der Waals surface area contributed by atoms with Crippen molar-refractivity contribution >= 4 is 17.6 Å². The summed E-state index contributed by atoms with van der Waals surface area (Å²) >= 11 is 0. The van der Waals surface area contributed by atoms with E-state index < -0.39 is 41.0 Å². The van der Waals surface area contributed by atoms with Gasteiger partial charge in [-0.25, -0.2) is 18.0 Å². The molecular formula is C32H32F3NO5. The Kier molecular flexibility index (Phi) is 7.36. The minimum Gasteiger partial charge on any atom is -0.490 e. The molecule has 41 heavy (non-hydrogen) atoms. The lowest BCUT2D eigenvalue weighted by Crippen LogP contribution is -2.30. The van der Waals surface area contributed by atoms with Gasteiger partial charge in [-0.3, -0.25) is 4.79 Å². The number of halogens is 3. The fraction of sp³-hybridized carbons (Fsp3) is 0.375. The van der Waals surface area contributed by atoms with E-state index in [1.165, 1.54) is 11.0 Å². The maximum atomic E-state index is 15.5. The molecule has 0 bridgehead atoms. The number of carbonyl (C=O) groups is 2. The highest BCUT2D eigenvalue weighted by molar-refractivity contribution is 6.08. The van der Waals surface area contributed by atoms with Gasteiger partial charge in [0.1, 0.15) is 11.6 Å². The molecule has 3 aromatic rings. The Morgan fingerprint density at radius 1 is 1.00 bits per heavy atom. The number of rotatable bonds is 5. The normalized spacial score (nSPS) is 15.3. The lowest BCUT2D eigenvalue weighted by molar-refractivity contribution is -0.160. The van der Waals surface area contributed by atoms with Gasteiger partial charge in [0, 0.05) is 35.0 Å². The number of aliphatic carboxylic acids is 1. The van der Waals surface area contributed by atoms with Crippen molar-refractivity contribution in [1.82, 2.24) is 0 Å². The first-order chi connectivity index (χ1) is 19.3. The molecule has 2 heterocycles. The first-order valence-corrected chi connectivity index (χ1v) is 13.6. The van der Waals surface area contributed by atoms with Crippen molar-refractivity contribution in [3.8, 4) is 16.9 Å². The third-order valence-electron chi connectivity index (χ3n) is 7.55. The molecule has 1 amide bonds. The van der Waals surface area contributed by atoms with Crippen molar-refractivity contribution in [2.45, 2.75) is 65.6 Å². The van der Waals surface area contributed by atoms with Crippen LogP contribution in [0.5, 0.6) is 5.75 Å². The van der Waals surface area contributed by atoms with Gasteiger partial charge < -0.3 is 19.5 Å². The van der Waals surface area contributed by atoms with Crippen LogP contribution < -0.4 is 9.64 Å². The molecule has 3 aromatic carbocycles. The van der Waals surface area contributed by atoms with Crippen LogP contribution in [0.3, 0.4) is 0 Å². The Morgan fingerprint density at radius 2 is 1.68 bits per heavy atom. The van der Waals surface area contributed by atoms with Crippen LogP contribution in [-0.2, 0) is 22.4 Å². The van der Waals surface area contributed by atoms with Gasteiger partial charge >= 0.3 is 5.97 Å². The number of carboxylic acids is 1. The summed E-state index contributed by atoms with van der Waals surface area (Å²) in [5, 5.41) is 10.3. The van der Waals surface area contributed by atoms with Crippen LogP contribution in [0.2, 0.25) is 0 Å². The molecule has 6 nitrogen and oxygen atoms in total. The Bertz CT molecular complexity index is 1560.